The van der Waals surface area contributed by atoms with Crippen molar-refractivity contribution in [3.63, 3.8) is 0 Å². The third-order valence-corrected chi connectivity index (χ3v) is 4.00. The normalized spacial score (nSPS) is 15.2. The fraction of sp³-hybridized carbons (Fsp3) is 0.762. The first-order valence-electron chi connectivity index (χ1n) is 10.4. The minimum Gasteiger partial charge on any atom is -0.478 e. The van der Waals surface area contributed by atoms with Crippen LogP contribution in [0.5, 0.6) is 0 Å². The van der Waals surface area contributed by atoms with Crippen LogP contribution in [-0.2, 0) is 33.4 Å². The van der Waals surface area contributed by atoms with Crippen molar-refractivity contribution in [2.45, 2.75) is 92.2 Å². The van der Waals surface area contributed by atoms with E-state index in [1.165, 1.54) is 13.8 Å². The molecule has 184 valence electrons. The smallest absolute Gasteiger partial charge is 0.408 e. The number of carboxylic acid groups (broad SMARTS) is 1. The maximum absolute atomic E-state index is 12.6. The molecular formula is C21H36N2O9. The first-order valence-corrected chi connectivity index (χ1v) is 10.4. The van der Waals surface area contributed by atoms with Gasteiger partial charge in [-0.25, -0.2) is 19.2 Å². The summed E-state index contributed by atoms with van der Waals surface area (Å²) in [4.78, 5) is 60.1. The Labute approximate surface area is 188 Å². The zero-order valence-corrected chi connectivity index (χ0v) is 20.2. The second-order valence-electron chi connectivity index (χ2n) is 9.14. The fourth-order valence-corrected chi connectivity index (χ4v) is 2.32. The van der Waals surface area contributed by atoms with E-state index in [2.05, 4.69) is 10.6 Å². The lowest BCUT2D eigenvalue weighted by molar-refractivity contribution is -0.169. The quantitative estimate of drug-likeness (QED) is 0.325. The van der Waals surface area contributed by atoms with Crippen molar-refractivity contribution in [1.29, 1.82) is 0 Å². The van der Waals surface area contributed by atoms with Gasteiger partial charge in [0.25, 0.3) is 5.91 Å². The summed E-state index contributed by atoms with van der Waals surface area (Å²) in [5, 5.41) is 13.8. The van der Waals surface area contributed by atoms with Gasteiger partial charge in [0.2, 0.25) is 6.10 Å². The van der Waals surface area contributed by atoms with Crippen molar-refractivity contribution in [2.24, 2.45) is 11.8 Å². The fourth-order valence-electron chi connectivity index (χ4n) is 2.32. The van der Waals surface area contributed by atoms with E-state index >= 15 is 0 Å². The van der Waals surface area contributed by atoms with Gasteiger partial charge in [-0.2, -0.15) is 0 Å². The molecule has 11 nitrogen and oxygen atoms in total. The molecule has 0 spiro atoms. The van der Waals surface area contributed by atoms with Crippen LogP contribution in [0, 0.1) is 11.8 Å². The third kappa shape index (κ3) is 10.5. The van der Waals surface area contributed by atoms with E-state index in [0.717, 1.165) is 0 Å². The number of rotatable bonds is 10. The van der Waals surface area contributed by atoms with E-state index in [1.807, 2.05) is 0 Å². The average Bonchev–Trinajstić information content (AvgIpc) is 2.60. The van der Waals surface area contributed by atoms with Crippen LogP contribution in [0.25, 0.3) is 0 Å². The molecule has 0 aliphatic carbocycles. The van der Waals surface area contributed by atoms with E-state index < -0.39 is 71.6 Å². The maximum Gasteiger partial charge on any atom is 0.408 e. The van der Waals surface area contributed by atoms with Gasteiger partial charge in [0, 0.05) is 5.92 Å². The highest BCUT2D eigenvalue weighted by atomic mass is 16.6. The monoisotopic (exact) mass is 460 g/mol. The molecule has 0 aliphatic heterocycles. The van der Waals surface area contributed by atoms with Gasteiger partial charge in [0.15, 0.2) is 6.10 Å². The Hall–Kier alpha value is -2.85. The molecule has 0 aromatic heterocycles. The van der Waals surface area contributed by atoms with Crippen molar-refractivity contribution in [2.75, 3.05) is 0 Å². The van der Waals surface area contributed by atoms with Crippen LogP contribution < -0.4 is 10.6 Å². The number of carbonyl (C=O) groups excluding carboxylic acids is 4. The standard InChI is InChI=1S/C21H36N2O9/c1-10(2)14(30-19(28)13(6)23-20(29)32-21(7,8)9)16(24)22-12(5)18(27)31-15(11(3)4)17(25)26/h10-15H,1-9H3,(H,22,24)(H,23,29)(H,25,26)/t12-,13-,14+,15+/m1/s1. The molecule has 11 heteroatoms. The number of aliphatic carboxylic acids is 1. The first-order chi connectivity index (χ1) is 14.5. The summed E-state index contributed by atoms with van der Waals surface area (Å²) in [6.07, 6.45) is -3.44. The molecule has 0 saturated heterocycles. The summed E-state index contributed by atoms with van der Waals surface area (Å²) >= 11 is 0. The van der Waals surface area contributed by atoms with Crippen LogP contribution >= 0.6 is 0 Å². The zero-order chi connectivity index (χ0) is 25.4. The van der Waals surface area contributed by atoms with E-state index in [0.29, 0.717) is 0 Å². The number of hydrogen-bond donors (Lipinski definition) is 3. The van der Waals surface area contributed by atoms with Crippen molar-refractivity contribution >= 4 is 29.9 Å². The van der Waals surface area contributed by atoms with Gasteiger partial charge in [0.05, 0.1) is 0 Å². The van der Waals surface area contributed by atoms with Gasteiger partial charge >= 0.3 is 24.0 Å². The molecule has 0 radical (unpaired) electrons. The predicted octanol–water partition coefficient (Wildman–Crippen LogP) is 1.62. The topological polar surface area (TPSA) is 157 Å². The van der Waals surface area contributed by atoms with Gasteiger partial charge in [-0.05, 0) is 40.5 Å². The summed E-state index contributed by atoms with van der Waals surface area (Å²) in [5.74, 6) is -4.80. The molecule has 0 aromatic rings. The van der Waals surface area contributed by atoms with Gasteiger partial charge < -0.3 is 30.0 Å². The van der Waals surface area contributed by atoms with Crippen LogP contribution in [0.1, 0.15) is 62.3 Å². The lowest BCUT2D eigenvalue weighted by Gasteiger charge is -2.25. The number of carboxylic acids is 1. The summed E-state index contributed by atoms with van der Waals surface area (Å²) in [7, 11) is 0. The molecule has 32 heavy (non-hydrogen) atoms. The van der Waals surface area contributed by atoms with Crippen LogP contribution in [0.4, 0.5) is 4.79 Å². The van der Waals surface area contributed by atoms with E-state index in [9.17, 15) is 24.0 Å². The van der Waals surface area contributed by atoms with Crippen LogP contribution in [0.3, 0.4) is 0 Å². The SMILES string of the molecule is CC(C)[C@H](OC(=O)[C@@H](C)NC(=O)[C@@H](OC(=O)[C@@H](C)NC(=O)OC(C)(C)C)C(C)C)C(=O)O. The van der Waals surface area contributed by atoms with Crippen molar-refractivity contribution in [1.82, 2.24) is 10.6 Å². The second kappa shape index (κ2) is 12.3. The molecule has 0 heterocycles. The highest BCUT2D eigenvalue weighted by molar-refractivity contribution is 5.90. The molecule has 0 aliphatic rings. The molecule has 2 amide bonds. The second-order valence-corrected chi connectivity index (χ2v) is 9.14. The predicted molar refractivity (Wildman–Crippen MR) is 114 cm³/mol. The highest BCUT2D eigenvalue weighted by Gasteiger charge is 2.33. The van der Waals surface area contributed by atoms with Crippen molar-refractivity contribution in [3.8, 4) is 0 Å². The Kier molecular flexibility index (Phi) is 11.2. The Morgan fingerprint density at radius 3 is 1.50 bits per heavy atom. The number of ether oxygens (including phenoxy) is 3. The summed E-state index contributed by atoms with van der Waals surface area (Å²) in [5.41, 5.74) is -0.756. The lowest BCUT2D eigenvalue weighted by atomic mass is 10.1. The number of esters is 2. The summed E-state index contributed by atoms with van der Waals surface area (Å²) in [6.45, 7) is 14.1. The summed E-state index contributed by atoms with van der Waals surface area (Å²) < 4.78 is 15.3. The minimum atomic E-state index is -1.36. The molecule has 4 atom stereocenters. The Bertz CT molecular complexity index is 698. The van der Waals surface area contributed by atoms with Crippen molar-refractivity contribution in [3.05, 3.63) is 0 Å². The minimum absolute atomic E-state index is 0.460. The van der Waals surface area contributed by atoms with E-state index in [-0.39, 0.29) is 0 Å². The number of amides is 2. The Morgan fingerprint density at radius 1 is 0.719 bits per heavy atom. The molecule has 0 rings (SSSR count). The average molecular weight is 461 g/mol. The molecule has 3 N–H and O–H groups in total. The van der Waals surface area contributed by atoms with E-state index in [4.69, 9.17) is 19.3 Å². The first kappa shape index (κ1) is 29.1. The summed E-state index contributed by atoms with van der Waals surface area (Å²) in [6, 6.07) is -2.27. The highest BCUT2D eigenvalue weighted by Crippen LogP contribution is 2.12. The van der Waals surface area contributed by atoms with Gasteiger partial charge in [-0.3, -0.25) is 4.79 Å². The van der Waals surface area contributed by atoms with Gasteiger partial charge in [-0.1, -0.05) is 27.7 Å². The molecule has 0 fully saturated rings. The Balaban J connectivity index is 5.04. The molecule has 0 bridgehead atoms. The number of hydrogen-bond acceptors (Lipinski definition) is 8. The van der Waals surface area contributed by atoms with Crippen LogP contribution in [0.2, 0.25) is 0 Å². The van der Waals surface area contributed by atoms with Crippen LogP contribution in [-0.4, -0.2) is 64.9 Å². The Morgan fingerprint density at radius 2 is 1.12 bits per heavy atom. The molecule has 0 unspecified atom stereocenters. The molecule has 0 aromatic carbocycles. The maximum atomic E-state index is 12.6. The number of carbonyl (C=O) groups is 5. The number of nitrogens with one attached hydrogen (secondary N) is 2. The van der Waals surface area contributed by atoms with Crippen LogP contribution in [0.15, 0.2) is 0 Å². The molecular weight excluding hydrogens is 424 g/mol. The molecule has 0 saturated carbocycles. The number of alkyl carbamates (subject to hydrolysis) is 1. The third-order valence-electron chi connectivity index (χ3n) is 4.00. The largest absolute Gasteiger partial charge is 0.478 e. The van der Waals surface area contributed by atoms with Gasteiger partial charge in [0.1, 0.15) is 17.7 Å². The van der Waals surface area contributed by atoms with Gasteiger partial charge in [-0.15, -0.1) is 0 Å². The van der Waals surface area contributed by atoms with E-state index in [1.54, 1.807) is 48.5 Å². The van der Waals surface area contributed by atoms with Crippen molar-refractivity contribution < 1.29 is 43.3 Å². The lowest BCUT2D eigenvalue weighted by Crippen LogP contribution is -2.50. The zero-order valence-electron chi connectivity index (χ0n) is 20.2.